The van der Waals surface area contributed by atoms with Gasteiger partial charge in [-0.05, 0) is 50.3 Å². The first-order valence-electron chi connectivity index (χ1n) is 9.55. The number of amides is 1. The number of likely N-dealkylation sites (tertiary alicyclic amines) is 1. The minimum absolute atomic E-state index is 0.212. The molecule has 1 saturated heterocycles. The lowest BCUT2D eigenvalue weighted by molar-refractivity contribution is -0.131. The van der Waals surface area contributed by atoms with Gasteiger partial charge in [-0.25, -0.2) is 4.98 Å². The third-order valence-electron chi connectivity index (χ3n) is 5.20. The van der Waals surface area contributed by atoms with Gasteiger partial charge in [-0.15, -0.1) is 0 Å². The van der Waals surface area contributed by atoms with Gasteiger partial charge in [0, 0.05) is 24.0 Å². The molecule has 1 aromatic carbocycles. The molecule has 0 unspecified atom stereocenters. The number of carbonyl (C=O) groups is 1. The van der Waals surface area contributed by atoms with Crippen LogP contribution in [-0.2, 0) is 11.2 Å². The van der Waals surface area contributed by atoms with Crippen molar-refractivity contribution in [3.8, 4) is 11.5 Å². The van der Waals surface area contributed by atoms with Crippen LogP contribution in [0.3, 0.4) is 0 Å². The molecule has 0 aliphatic carbocycles. The zero-order chi connectivity index (χ0) is 19.4. The molecule has 1 amide bonds. The van der Waals surface area contributed by atoms with Crippen LogP contribution in [0.15, 0.2) is 23.2 Å². The number of thioether (sulfide) groups is 1. The molecular weight excluding hydrogens is 360 g/mol. The number of pyridine rings is 1. The van der Waals surface area contributed by atoms with Crippen LogP contribution in [0.25, 0.3) is 10.9 Å². The normalized spacial score (nSPS) is 17.2. The maximum absolute atomic E-state index is 12.7. The molecule has 1 atom stereocenters. The maximum Gasteiger partial charge on any atom is 0.233 e. The summed E-state index contributed by atoms with van der Waals surface area (Å²) in [6.45, 7) is 5.14. The lowest BCUT2D eigenvalue weighted by atomic mass is 10.0. The summed E-state index contributed by atoms with van der Waals surface area (Å²) in [5.74, 6) is 2.01. The van der Waals surface area contributed by atoms with Gasteiger partial charge in [0.05, 0.1) is 25.5 Å². The quantitative estimate of drug-likeness (QED) is 0.690. The van der Waals surface area contributed by atoms with Crippen LogP contribution >= 0.6 is 11.8 Å². The molecule has 0 spiro atoms. The molecule has 1 aromatic heterocycles. The molecule has 0 radical (unpaired) electrons. The summed E-state index contributed by atoms with van der Waals surface area (Å²) < 4.78 is 10.8. The Balaban J connectivity index is 1.83. The largest absolute Gasteiger partial charge is 0.493 e. The van der Waals surface area contributed by atoms with Crippen molar-refractivity contribution in [3.05, 3.63) is 23.8 Å². The maximum atomic E-state index is 12.7. The van der Waals surface area contributed by atoms with E-state index in [0.717, 1.165) is 47.3 Å². The van der Waals surface area contributed by atoms with E-state index in [1.807, 2.05) is 17.0 Å². The van der Waals surface area contributed by atoms with Crippen LogP contribution in [0.4, 0.5) is 0 Å². The fourth-order valence-corrected chi connectivity index (χ4v) is 4.56. The zero-order valence-corrected chi connectivity index (χ0v) is 17.4. The highest BCUT2D eigenvalue weighted by atomic mass is 32.2. The van der Waals surface area contributed by atoms with Crippen molar-refractivity contribution in [2.75, 3.05) is 26.5 Å². The Kier molecular flexibility index (Phi) is 6.47. The SMILES string of the molecule is CCc1cc2cc(OC)c(OC)cc2nc1SCC(=O)N1CCCC[C@H]1C. The van der Waals surface area contributed by atoms with Gasteiger partial charge in [-0.2, -0.15) is 0 Å². The van der Waals surface area contributed by atoms with Crippen LogP contribution in [0.5, 0.6) is 11.5 Å². The Morgan fingerprint density at radius 2 is 1.96 bits per heavy atom. The predicted molar refractivity (Wildman–Crippen MR) is 110 cm³/mol. The van der Waals surface area contributed by atoms with Crippen LogP contribution in [0.2, 0.25) is 0 Å². The van der Waals surface area contributed by atoms with Gasteiger partial charge in [0.1, 0.15) is 5.03 Å². The lowest BCUT2D eigenvalue weighted by Gasteiger charge is -2.33. The summed E-state index contributed by atoms with van der Waals surface area (Å²) in [6, 6.07) is 6.33. The van der Waals surface area contributed by atoms with Crippen LogP contribution in [0, 0.1) is 0 Å². The van der Waals surface area contributed by atoms with E-state index in [0.29, 0.717) is 23.3 Å². The molecule has 27 heavy (non-hydrogen) atoms. The average molecular weight is 389 g/mol. The Morgan fingerprint density at radius 3 is 2.63 bits per heavy atom. The number of nitrogens with zero attached hydrogens (tertiary/aromatic N) is 2. The van der Waals surface area contributed by atoms with Crippen LogP contribution in [-0.4, -0.2) is 48.4 Å². The first kappa shape index (κ1) is 19.8. The van der Waals surface area contributed by atoms with E-state index in [2.05, 4.69) is 19.9 Å². The summed E-state index contributed by atoms with van der Waals surface area (Å²) in [4.78, 5) is 19.5. The van der Waals surface area contributed by atoms with Gasteiger partial charge >= 0.3 is 0 Å². The average Bonchev–Trinajstić information content (AvgIpc) is 2.70. The van der Waals surface area contributed by atoms with Crippen molar-refractivity contribution in [1.82, 2.24) is 9.88 Å². The summed E-state index contributed by atoms with van der Waals surface area (Å²) in [5.41, 5.74) is 2.00. The number of fused-ring (bicyclic) bond motifs is 1. The number of benzene rings is 1. The Labute approximate surface area is 165 Å². The van der Waals surface area contributed by atoms with E-state index >= 15 is 0 Å². The number of aromatic nitrogens is 1. The number of methoxy groups -OCH3 is 2. The zero-order valence-electron chi connectivity index (χ0n) is 16.6. The van der Waals surface area contributed by atoms with E-state index in [1.165, 1.54) is 18.2 Å². The number of carbonyl (C=O) groups excluding carboxylic acids is 1. The highest BCUT2D eigenvalue weighted by molar-refractivity contribution is 7.99. The van der Waals surface area contributed by atoms with Gasteiger partial charge in [0.2, 0.25) is 5.91 Å². The summed E-state index contributed by atoms with van der Waals surface area (Å²) in [7, 11) is 3.26. The van der Waals surface area contributed by atoms with E-state index in [-0.39, 0.29) is 5.91 Å². The van der Waals surface area contributed by atoms with Crippen molar-refractivity contribution in [2.24, 2.45) is 0 Å². The minimum atomic E-state index is 0.212. The standard InChI is InChI=1S/C21H28N2O3S/c1-5-15-10-16-11-18(25-3)19(26-4)12-17(16)22-21(15)27-13-20(24)23-9-7-6-8-14(23)2/h10-12,14H,5-9,13H2,1-4H3/t14-/m1/s1. The number of ether oxygens (including phenoxy) is 2. The number of piperidine rings is 1. The van der Waals surface area contributed by atoms with Crippen molar-refractivity contribution in [2.45, 2.75) is 50.6 Å². The second kappa shape index (κ2) is 8.83. The monoisotopic (exact) mass is 388 g/mol. The Morgan fingerprint density at radius 1 is 1.22 bits per heavy atom. The van der Waals surface area contributed by atoms with Crippen molar-refractivity contribution in [1.29, 1.82) is 0 Å². The van der Waals surface area contributed by atoms with Crippen molar-refractivity contribution >= 4 is 28.6 Å². The summed E-state index contributed by atoms with van der Waals surface area (Å²) in [6.07, 6.45) is 4.30. The van der Waals surface area contributed by atoms with Crippen molar-refractivity contribution < 1.29 is 14.3 Å². The second-order valence-corrected chi connectivity index (χ2v) is 7.89. The van der Waals surface area contributed by atoms with Gasteiger partial charge in [-0.1, -0.05) is 18.7 Å². The summed E-state index contributed by atoms with van der Waals surface area (Å²) in [5, 5.41) is 1.94. The smallest absolute Gasteiger partial charge is 0.233 e. The van der Waals surface area contributed by atoms with Gasteiger partial charge in [-0.3, -0.25) is 4.79 Å². The second-order valence-electron chi connectivity index (χ2n) is 6.93. The van der Waals surface area contributed by atoms with E-state index < -0.39 is 0 Å². The summed E-state index contributed by atoms with van der Waals surface area (Å²) >= 11 is 1.54. The highest BCUT2D eigenvalue weighted by Gasteiger charge is 2.23. The Hall–Kier alpha value is -1.95. The number of aryl methyl sites for hydroxylation is 1. The molecule has 0 N–H and O–H groups in total. The lowest BCUT2D eigenvalue weighted by Crippen LogP contribution is -2.42. The molecule has 1 aliphatic rings. The molecule has 2 aromatic rings. The van der Waals surface area contributed by atoms with Gasteiger partial charge in [0.25, 0.3) is 0 Å². The molecule has 5 nitrogen and oxygen atoms in total. The van der Waals surface area contributed by atoms with E-state index in [9.17, 15) is 4.79 Å². The molecule has 3 rings (SSSR count). The fourth-order valence-electron chi connectivity index (χ4n) is 3.59. The molecule has 0 bridgehead atoms. The number of hydrogen-bond acceptors (Lipinski definition) is 5. The van der Waals surface area contributed by atoms with Gasteiger partial charge in [0.15, 0.2) is 11.5 Å². The molecule has 1 aliphatic heterocycles. The number of rotatable bonds is 6. The molecule has 6 heteroatoms. The minimum Gasteiger partial charge on any atom is -0.493 e. The topological polar surface area (TPSA) is 51.7 Å². The molecule has 0 saturated carbocycles. The fraction of sp³-hybridized carbons (Fsp3) is 0.524. The van der Waals surface area contributed by atoms with E-state index in [1.54, 1.807) is 14.2 Å². The van der Waals surface area contributed by atoms with E-state index in [4.69, 9.17) is 14.5 Å². The predicted octanol–water partition coefficient (Wildman–Crippen LogP) is 4.31. The highest BCUT2D eigenvalue weighted by Crippen LogP contribution is 2.34. The third-order valence-corrected chi connectivity index (χ3v) is 6.21. The molecule has 2 heterocycles. The van der Waals surface area contributed by atoms with Crippen LogP contribution < -0.4 is 9.47 Å². The first-order valence-corrected chi connectivity index (χ1v) is 10.5. The van der Waals surface area contributed by atoms with Crippen LogP contribution in [0.1, 0.15) is 38.7 Å². The number of hydrogen-bond donors (Lipinski definition) is 0. The molecule has 146 valence electrons. The first-order chi connectivity index (χ1) is 13.1. The molecular formula is C21H28N2O3S. The van der Waals surface area contributed by atoms with Gasteiger partial charge < -0.3 is 14.4 Å². The van der Waals surface area contributed by atoms with Crippen molar-refractivity contribution in [3.63, 3.8) is 0 Å². The third kappa shape index (κ3) is 4.32. The Bertz CT molecular complexity index is 825. The molecule has 1 fully saturated rings.